The van der Waals surface area contributed by atoms with E-state index < -0.39 is 74.4 Å². The third-order valence-electron chi connectivity index (χ3n) is 5.83. The molecule has 0 amide bonds. The Hall–Kier alpha value is -4.19. The van der Waals surface area contributed by atoms with Crippen LogP contribution in [0.5, 0.6) is 5.75 Å². The predicted molar refractivity (Wildman–Crippen MR) is 144 cm³/mol. The van der Waals surface area contributed by atoms with Crippen molar-refractivity contribution in [2.24, 2.45) is 0 Å². The number of nitrogens with zero attached hydrogens (tertiary/aromatic N) is 1. The predicted octanol–water partition coefficient (Wildman–Crippen LogP) is 4.69. The van der Waals surface area contributed by atoms with Gasteiger partial charge in [-0.05, 0) is 65.8 Å². The first-order valence-electron chi connectivity index (χ1n) is 12.6. The number of pyridine rings is 1. The molecule has 12 heteroatoms. The van der Waals surface area contributed by atoms with Crippen molar-refractivity contribution in [1.82, 2.24) is 9.88 Å². The molecule has 0 fully saturated rings. The van der Waals surface area contributed by atoms with Crippen LogP contribution in [0.2, 0.25) is 0 Å². The number of esters is 1. The highest BCUT2D eigenvalue weighted by Crippen LogP contribution is 2.27. The minimum Gasteiger partial charge on any atom is -0.493 e. The third kappa shape index (κ3) is 7.51. The quantitative estimate of drug-likeness (QED) is 0.156. The zero-order valence-electron chi connectivity index (χ0n) is 23.2. The van der Waals surface area contributed by atoms with Crippen LogP contribution in [0.15, 0.2) is 47.3 Å². The van der Waals surface area contributed by atoms with E-state index in [4.69, 9.17) is 15.2 Å². The van der Waals surface area contributed by atoms with E-state index >= 15 is 8.78 Å². The first-order chi connectivity index (χ1) is 19.0. The first kappa shape index (κ1) is 31.3. The Morgan fingerprint density at radius 3 is 2.10 bits per heavy atom. The molecule has 0 unspecified atom stereocenters. The second-order valence-electron chi connectivity index (χ2n) is 10.8. The highest BCUT2D eigenvalue weighted by molar-refractivity contribution is 6.11. The number of rotatable bonds is 10. The van der Waals surface area contributed by atoms with E-state index in [9.17, 15) is 23.2 Å². The summed E-state index contributed by atoms with van der Waals surface area (Å²) in [6.07, 6.45) is 0.369. The fourth-order valence-corrected chi connectivity index (χ4v) is 3.78. The lowest BCUT2D eigenvalue weighted by Crippen LogP contribution is -2.50. The second-order valence-corrected chi connectivity index (χ2v) is 10.8. The zero-order chi connectivity index (χ0) is 30.7. The summed E-state index contributed by atoms with van der Waals surface area (Å²) >= 11 is 0. The van der Waals surface area contributed by atoms with Crippen molar-refractivity contribution >= 4 is 17.6 Å². The van der Waals surface area contributed by atoms with Crippen molar-refractivity contribution in [3.8, 4) is 11.4 Å². The van der Waals surface area contributed by atoms with Crippen LogP contribution < -0.4 is 21.3 Å². The number of halogens is 4. The molecule has 3 N–H and O–H groups in total. The maximum atomic E-state index is 15.1. The molecule has 0 saturated carbocycles. The number of nitrogens with two attached hydrogens (primary N) is 1. The number of carbonyl (C=O) groups is 2. The van der Waals surface area contributed by atoms with Crippen LogP contribution in [0.4, 0.5) is 23.4 Å². The number of nitrogens with one attached hydrogen (secondary N) is 1. The minimum atomic E-state index is -1.21. The molecule has 0 spiro atoms. The van der Waals surface area contributed by atoms with Crippen LogP contribution in [0.25, 0.3) is 5.69 Å². The van der Waals surface area contributed by atoms with E-state index in [1.807, 2.05) is 0 Å². The monoisotopic (exact) mass is 577 g/mol. The molecule has 0 saturated heterocycles. The van der Waals surface area contributed by atoms with E-state index in [1.165, 1.54) is 0 Å². The van der Waals surface area contributed by atoms with Crippen LogP contribution >= 0.6 is 0 Å². The van der Waals surface area contributed by atoms with Gasteiger partial charge >= 0.3 is 5.97 Å². The van der Waals surface area contributed by atoms with Gasteiger partial charge in [0.05, 0.1) is 17.7 Å². The van der Waals surface area contributed by atoms with Gasteiger partial charge in [-0.1, -0.05) is 0 Å². The lowest BCUT2D eigenvalue weighted by molar-refractivity contribution is -0.161. The summed E-state index contributed by atoms with van der Waals surface area (Å²) in [5, 5.41) is 3.04. The summed E-state index contributed by atoms with van der Waals surface area (Å²) in [6, 6.07) is 5.77. The van der Waals surface area contributed by atoms with Crippen LogP contribution in [-0.4, -0.2) is 40.6 Å². The van der Waals surface area contributed by atoms with Crippen molar-refractivity contribution < 1.29 is 36.6 Å². The van der Waals surface area contributed by atoms with Crippen molar-refractivity contribution in [2.45, 2.75) is 52.2 Å². The van der Waals surface area contributed by atoms with Gasteiger partial charge in [-0.3, -0.25) is 19.0 Å². The van der Waals surface area contributed by atoms with Gasteiger partial charge in [0.1, 0.15) is 40.0 Å². The molecule has 8 nitrogen and oxygen atoms in total. The van der Waals surface area contributed by atoms with E-state index in [2.05, 4.69) is 5.32 Å². The number of hydrogen-bond acceptors (Lipinski definition) is 7. The van der Waals surface area contributed by atoms with Crippen molar-refractivity contribution in [3.63, 3.8) is 0 Å². The summed E-state index contributed by atoms with van der Waals surface area (Å²) in [6.45, 7) is 8.97. The topological polar surface area (TPSA) is 113 Å². The molecular weight excluding hydrogens is 546 g/mol. The molecule has 3 aromatic rings. The van der Waals surface area contributed by atoms with Gasteiger partial charge in [0, 0.05) is 24.3 Å². The molecule has 0 aliphatic heterocycles. The number of anilines is 1. The maximum absolute atomic E-state index is 15.1. The van der Waals surface area contributed by atoms with Gasteiger partial charge in [-0.15, -0.1) is 0 Å². The molecule has 0 aliphatic carbocycles. The number of ether oxygens (including phenoxy) is 2. The summed E-state index contributed by atoms with van der Waals surface area (Å²) in [5.41, 5.74) is 1.55. The Balaban J connectivity index is 1.75. The number of benzene rings is 2. The van der Waals surface area contributed by atoms with Gasteiger partial charge in [0.25, 0.3) is 5.56 Å². The highest BCUT2D eigenvalue weighted by atomic mass is 19.1. The van der Waals surface area contributed by atoms with Gasteiger partial charge < -0.3 is 20.5 Å². The minimum absolute atomic E-state index is 0.0327. The fraction of sp³-hybridized carbons (Fsp3) is 0.345. The zero-order valence-corrected chi connectivity index (χ0v) is 23.2. The largest absolute Gasteiger partial charge is 0.493 e. The van der Waals surface area contributed by atoms with Gasteiger partial charge in [-0.2, -0.15) is 0 Å². The lowest BCUT2D eigenvalue weighted by Gasteiger charge is -2.29. The number of hydrogen-bond donors (Lipinski definition) is 2. The molecule has 0 radical (unpaired) electrons. The van der Waals surface area contributed by atoms with E-state index in [1.54, 1.807) is 34.6 Å². The molecule has 1 aromatic heterocycles. The highest BCUT2D eigenvalue weighted by Gasteiger charge is 2.32. The Bertz CT molecular complexity index is 1510. The molecule has 220 valence electrons. The summed E-state index contributed by atoms with van der Waals surface area (Å²) in [5.74, 6) is -6.78. The van der Waals surface area contributed by atoms with Crippen LogP contribution in [0, 0.1) is 23.3 Å². The molecule has 1 heterocycles. The fourth-order valence-electron chi connectivity index (χ4n) is 3.78. The number of ketones is 1. The number of carbonyl (C=O) groups excluding carboxylic acids is 2. The Kier molecular flexibility index (Phi) is 9.27. The Labute approximate surface area is 234 Å². The normalized spacial score (nSPS) is 11.8. The first-order valence-corrected chi connectivity index (χ1v) is 12.6. The van der Waals surface area contributed by atoms with Crippen LogP contribution in [-0.2, 0) is 9.53 Å². The van der Waals surface area contributed by atoms with Crippen molar-refractivity contribution in [3.05, 3.63) is 87.2 Å². The smallest absolute Gasteiger partial charge is 0.326 e. The standard InChI is InChI=1S/C29H31F4N3O5/c1-28(2,3)41-27(39)29(4,5)35-11-6-12-40-17-14-21(32)24(22(33)15-17)36-23(37)10-9-19(26(36)34)25(38)18-8-7-16(30)13-20(18)31/h7-10,13-15,35H,6,11-12,34H2,1-5H3. The van der Waals surface area contributed by atoms with Crippen LogP contribution in [0.1, 0.15) is 57.0 Å². The average Bonchev–Trinajstić information content (AvgIpc) is 2.84. The SMILES string of the molecule is CC(C)(C)OC(=O)C(C)(C)NCCCOc1cc(F)c(-n2c(N)c(C(=O)c3ccc(F)cc3F)ccc2=O)c(F)c1. The maximum Gasteiger partial charge on any atom is 0.326 e. The molecular formula is C29H31F4N3O5. The summed E-state index contributed by atoms with van der Waals surface area (Å²) < 4.78 is 68.9. The van der Waals surface area contributed by atoms with Gasteiger partial charge in [0.2, 0.25) is 0 Å². The van der Waals surface area contributed by atoms with E-state index in [0.29, 0.717) is 23.6 Å². The van der Waals surface area contributed by atoms with Crippen LogP contribution in [0.3, 0.4) is 0 Å². The molecule has 0 atom stereocenters. The van der Waals surface area contributed by atoms with Crippen molar-refractivity contribution in [2.75, 3.05) is 18.9 Å². The molecule has 2 aromatic carbocycles. The molecule has 3 rings (SSSR count). The number of nitrogen functional groups attached to an aromatic ring is 1. The molecule has 0 bridgehead atoms. The van der Waals surface area contributed by atoms with Gasteiger partial charge in [-0.25, -0.2) is 17.6 Å². The second kappa shape index (κ2) is 12.1. The number of aromatic nitrogens is 1. The summed E-state index contributed by atoms with van der Waals surface area (Å²) in [4.78, 5) is 37.7. The van der Waals surface area contributed by atoms with E-state index in [-0.39, 0.29) is 12.4 Å². The molecule has 41 heavy (non-hydrogen) atoms. The lowest BCUT2D eigenvalue weighted by atomic mass is 10.0. The van der Waals surface area contributed by atoms with Gasteiger partial charge in [0.15, 0.2) is 17.4 Å². The average molecular weight is 578 g/mol. The molecule has 0 aliphatic rings. The Morgan fingerprint density at radius 1 is 0.902 bits per heavy atom. The van der Waals surface area contributed by atoms with Crippen molar-refractivity contribution in [1.29, 1.82) is 0 Å². The summed E-state index contributed by atoms with van der Waals surface area (Å²) in [7, 11) is 0. The Morgan fingerprint density at radius 2 is 1.51 bits per heavy atom. The van der Waals surface area contributed by atoms with E-state index in [0.717, 1.165) is 36.4 Å². The third-order valence-corrected chi connectivity index (χ3v) is 5.83.